The van der Waals surface area contributed by atoms with E-state index in [1.54, 1.807) is 45.0 Å². The van der Waals surface area contributed by atoms with Gasteiger partial charge in [0.1, 0.15) is 40.4 Å². The first-order valence-electron chi connectivity index (χ1n) is 20.8. The number of nitrogens with one attached hydrogen (secondary N) is 3. The summed E-state index contributed by atoms with van der Waals surface area (Å²) < 4.78 is 87.8. The topological polar surface area (TPSA) is 186 Å². The van der Waals surface area contributed by atoms with E-state index < -0.39 is 86.1 Å². The van der Waals surface area contributed by atoms with E-state index in [0.29, 0.717) is 48.6 Å². The molecule has 2 aliphatic heterocycles. The second kappa shape index (κ2) is 16.2. The van der Waals surface area contributed by atoms with Crippen LogP contribution < -0.4 is 20.1 Å². The number of amides is 4. The molecule has 4 heterocycles. The minimum absolute atomic E-state index is 0.0937. The van der Waals surface area contributed by atoms with Gasteiger partial charge in [-0.1, -0.05) is 49.3 Å². The Kier molecular flexibility index (Phi) is 11.3. The largest absolute Gasteiger partial charge is 0.484 e. The molecule has 0 radical (unpaired) electrons. The summed E-state index contributed by atoms with van der Waals surface area (Å²) in [5.74, 6) is -2.63. The molecule has 62 heavy (non-hydrogen) atoms. The zero-order chi connectivity index (χ0) is 44.2. The summed E-state index contributed by atoms with van der Waals surface area (Å²) in [6.45, 7) is 4.87. The summed E-state index contributed by atoms with van der Waals surface area (Å²) >= 11 is 0. The molecule has 2 aromatic carbocycles. The third-order valence-electron chi connectivity index (χ3n) is 11.6. The number of halogens is 3. The first kappa shape index (κ1) is 43.0. The highest BCUT2D eigenvalue weighted by atomic mass is 32.2. The van der Waals surface area contributed by atoms with E-state index >= 15 is 0 Å². The smallest absolute Gasteiger partial charge is 0.416 e. The molecule has 4 amide bonds. The summed E-state index contributed by atoms with van der Waals surface area (Å²) in [5.41, 5.74) is -2.12. The lowest BCUT2D eigenvalue weighted by molar-refractivity contribution is -0.141. The van der Waals surface area contributed by atoms with E-state index in [0.717, 1.165) is 18.6 Å². The van der Waals surface area contributed by atoms with Crippen molar-refractivity contribution in [3.8, 4) is 17.0 Å². The van der Waals surface area contributed by atoms with Crippen molar-refractivity contribution in [3.05, 3.63) is 72.3 Å². The van der Waals surface area contributed by atoms with E-state index in [1.807, 2.05) is 12.2 Å². The van der Waals surface area contributed by atoms with Gasteiger partial charge in [-0.15, -0.1) is 0 Å². The number of pyridine rings is 1. The van der Waals surface area contributed by atoms with Crippen LogP contribution in [0.5, 0.6) is 5.75 Å². The standard InChI is InChI=1S/C44H48F3N5O9S/c1-42(2,3)61-41(56)49-31-16-8-6-4-5-7-13-27-23-43(27,40(55)51-62(57,58)29-18-19-29)50-38(53)33-21-28(24-52(33)39(31)54)59-35-22-32(25-12-11-14-26(20-25)44(45,46)47)48-36-30-15-9-10-17-34(30)60-37(35)36/h7,9-15,17,20,22,27-29,31,33H,4-6,8,16,18-19,21,23-24H2,1-3H3,(H,49,56)(H,50,53)(H,51,55)/b13-7-/t27-,28+,31-,33-,43+/m0/s1. The normalized spacial score (nSPS) is 25.5. The molecule has 2 aliphatic carbocycles. The Morgan fingerprint density at radius 1 is 1.00 bits per heavy atom. The van der Waals surface area contributed by atoms with Crippen LogP contribution in [-0.4, -0.2) is 83.2 Å². The number of furan rings is 1. The molecule has 330 valence electrons. The highest BCUT2D eigenvalue weighted by molar-refractivity contribution is 7.91. The number of nitrogens with zero attached hydrogens (tertiary/aromatic N) is 2. The van der Waals surface area contributed by atoms with Crippen LogP contribution >= 0.6 is 0 Å². The van der Waals surface area contributed by atoms with Crippen molar-refractivity contribution in [2.45, 2.75) is 119 Å². The Hall–Kier alpha value is -5.65. The maximum Gasteiger partial charge on any atom is 0.416 e. The number of hydrogen-bond donors (Lipinski definition) is 3. The second-order valence-electron chi connectivity index (χ2n) is 17.6. The van der Waals surface area contributed by atoms with Gasteiger partial charge < -0.3 is 29.4 Å². The number of para-hydroxylation sites is 1. The number of allylic oxidation sites excluding steroid dienone is 1. The summed E-state index contributed by atoms with van der Waals surface area (Å²) in [5, 5.41) is 5.41. The average molecular weight is 880 g/mol. The molecule has 3 N–H and O–H groups in total. The first-order valence-corrected chi connectivity index (χ1v) is 22.4. The number of ether oxygens (including phenoxy) is 2. The van der Waals surface area contributed by atoms with Crippen LogP contribution in [0.25, 0.3) is 33.3 Å². The van der Waals surface area contributed by atoms with Crippen molar-refractivity contribution in [3.63, 3.8) is 0 Å². The van der Waals surface area contributed by atoms with Gasteiger partial charge in [0.15, 0.2) is 11.3 Å². The van der Waals surface area contributed by atoms with Crippen LogP contribution in [0.2, 0.25) is 0 Å². The molecular formula is C44H48F3N5O9S. The fraction of sp³-hybridized carbons (Fsp3) is 0.477. The van der Waals surface area contributed by atoms with E-state index in [-0.39, 0.29) is 48.4 Å². The van der Waals surface area contributed by atoms with E-state index in [2.05, 4.69) is 15.4 Å². The Balaban J connectivity index is 1.16. The molecule has 2 saturated carbocycles. The lowest BCUT2D eigenvalue weighted by atomic mass is 10.0. The van der Waals surface area contributed by atoms with Gasteiger partial charge in [0.25, 0.3) is 5.91 Å². The summed E-state index contributed by atoms with van der Waals surface area (Å²) in [4.78, 5) is 62.2. The number of rotatable bonds is 7. The molecule has 18 heteroatoms. The Bertz CT molecular complexity index is 2570. The maximum atomic E-state index is 14.7. The van der Waals surface area contributed by atoms with Crippen LogP contribution in [-0.2, 0) is 35.3 Å². The van der Waals surface area contributed by atoms with Crippen molar-refractivity contribution in [2.75, 3.05) is 6.54 Å². The number of aromatic nitrogens is 1. The molecule has 4 aliphatic rings. The number of fused-ring (bicyclic) bond motifs is 5. The average Bonchev–Trinajstić information content (AvgIpc) is 4.10. The molecule has 3 fully saturated rings. The van der Waals surface area contributed by atoms with Gasteiger partial charge in [-0.2, -0.15) is 13.2 Å². The van der Waals surface area contributed by atoms with Gasteiger partial charge in [-0.3, -0.25) is 19.1 Å². The molecule has 2 aromatic heterocycles. The van der Waals surface area contributed by atoms with Crippen LogP contribution in [0, 0.1) is 5.92 Å². The van der Waals surface area contributed by atoms with Gasteiger partial charge >= 0.3 is 12.3 Å². The SMILES string of the molecule is CC(C)(C)OC(=O)N[C@H]1CCCCC/C=C\[C@H]2C[C@@]2(C(=O)NS(=O)(=O)C2CC2)NC(=O)[C@@H]2C[C@@H](Oc3cc(-c4cccc(C(F)(F)F)c4)nc4c3oc3ccccc34)CN2C1=O. The monoisotopic (exact) mass is 879 g/mol. The highest BCUT2D eigenvalue weighted by Gasteiger charge is 2.62. The fourth-order valence-corrected chi connectivity index (χ4v) is 9.58. The Morgan fingerprint density at radius 3 is 2.52 bits per heavy atom. The van der Waals surface area contributed by atoms with Gasteiger partial charge in [0.05, 0.1) is 23.1 Å². The maximum absolute atomic E-state index is 14.7. The summed E-state index contributed by atoms with van der Waals surface area (Å²) in [6.07, 6.45) is 0.983. The first-order chi connectivity index (χ1) is 29.3. The lowest BCUT2D eigenvalue weighted by Gasteiger charge is -2.30. The molecule has 8 rings (SSSR count). The van der Waals surface area contributed by atoms with Crippen LogP contribution in [0.15, 0.2) is 71.2 Å². The van der Waals surface area contributed by atoms with E-state index in [1.165, 1.54) is 23.1 Å². The molecule has 0 spiro atoms. The number of hydrogen-bond acceptors (Lipinski definition) is 10. The predicted octanol–water partition coefficient (Wildman–Crippen LogP) is 6.91. The van der Waals surface area contributed by atoms with Crippen molar-refractivity contribution in [1.82, 2.24) is 25.2 Å². The zero-order valence-corrected chi connectivity index (χ0v) is 35.2. The third kappa shape index (κ3) is 9.10. The summed E-state index contributed by atoms with van der Waals surface area (Å²) in [6, 6.07) is 10.7. The number of sulfonamides is 1. The van der Waals surface area contributed by atoms with E-state index in [4.69, 9.17) is 18.9 Å². The quantitative estimate of drug-likeness (QED) is 0.165. The van der Waals surface area contributed by atoms with Crippen molar-refractivity contribution in [1.29, 1.82) is 0 Å². The molecule has 14 nitrogen and oxygen atoms in total. The number of alkyl halides is 3. The number of carbonyl (C=O) groups excluding carboxylic acids is 4. The predicted molar refractivity (Wildman–Crippen MR) is 221 cm³/mol. The highest BCUT2D eigenvalue weighted by Crippen LogP contribution is 2.46. The number of benzene rings is 2. The van der Waals surface area contributed by atoms with Gasteiger partial charge in [-0.05, 0) is 83.6 Å². The van der Waals surface area contributed by atoms with Crippen LogP contribution in [0.3, 0.4) is 0 Å². The van der Waals surface area contributed by atoms with Crippen molar-refractivity contribution < 1.29 is 54.7 Å². The van der Waals surface area contributed by atoms with Gasteiger partial charge in [0.2, 0.25) is 21.8 Å². The minimum Gasteiger partial charge on any atom is -0.484 e. The van der Waals surface area contributed by atoms with Crippen molar-refractivity contribution >= 4 is 55.9 Å². The molecular weight excluding hydrogens is 832 g/mol. The van der Waals surface area contributed by atoms with Crippen molar-refractivity contribution in [2.24, 2.45) is 5.92 Å². The molecule has 1 saturated heterocycles. The lowest BCUT2D eigenvalue weighted by Crippen LogP contribution is -2.58. The molecule has 0 unspecified atom stereocenters. The fourth-order valence-electron chi connectivity index (χ4n) is 8.22. The van der Waals surface area contributed by atoms with Crippen LogP contribution in [0.4, 0.5) is 18.0 Å². The Morgan fingerprint density at radius 2 is 1.77 bits per heavy atom. The van der Waals surface area contributed by atoms with Crippen LogP contribution in [0.1, 0.15) is 84.1 Å². The zero-order valence-electron chi connectivity index (χ0n) is 34.4. The number of alkyl carbamates (subject to hydrolysis) is 1. The number of carbonyl (C=O) groups is 4. The third-order valence-corrected chi connectivity index (χ3v) is 13.4. The second-order valence-corrected chi connectivity index (χ2v) is 19.5. The molecule has 0 bridgehead atoms. The van der Waals surface area contributed by atoms with Gasteiger partial charge in [-0.25, -0.2) is 18.2 Å². The summed E-state index contributed by atoms with van der Waals surface area (Å²) in [7, 11) is -3.97. The van der Waals surface area contributed by atoms with Gasteiger partial charge in [0, 0.05) is 29.4 Å². The molecule has 4 aromatic rings. The Labute approximate surface area is 356 Å². The van der Waals surface area contributed by atoms with E-state index in [9.17, 15) is 40.8 Å². The molecule has 5 atom stereocenters. The minimum atomic E-state index is -4.62.